The van der Waals surface area contributed by atoms with Crippen molar-refractivity contribution in [3.05, 3.63) is 41.0 Å². The van der Waals surface area contributed by atoms with Gasteiger partial charge in [-0.25, -0.2) is 9.37 Å². The monoisotopic (exact) mass is 333 g/mol. The van der Waals surface area contributed by atoms with Gasteiger partial charge in [0.2, 0.25) is 0 Å². The lowest BCUT2D eigenvalue weighted by Gasteiger charge is -2.07. The Bertz CT molecular complexity index is 684. The van der Waals surface area contributed by atoms with E-state index >= 15 is 0 Å². The Labute approximate surface area is 112 Å². The number of rotatable bonds is 3. The van der Waals surface area contributed by atoms with Crippen LogP contribution in [0.5, 0.6) is 0 Å². The number of imidazole rings is 1. The average Bonchev–Trinajstić information content (AvgIpc) is 2.70. The molecule has 96 valence electrons. The number of hydrogen-bond acceptors (Lipinski definition) is 3. The molecule has 0 atom stereocenters. The fourth-order valence-electron chi connectivity index (χ4n) is 1.30. The number of hydrogen-bond donors (Lipinski definition) is 1. The molecule has 0 spiro atoms. The molecule has 2 rings (SSSR count). The summed E-state index contributed by atoms with van der Waals surface area (Å²) in [6.07, 6.45) is 2.76. The van der Waals surface area contributed by atoms with Crippen molar-refractivity contribution in [2.24, 2.45) is 7.05 Å². The molecule has 1 aromatic carbocycles. The summed E-state index contributed by atoms with van der Waals surface area (Å²) in [5, 5.41) is -0.0961. The fourth-order valence-corrected chi connectivity index (χ4v) is 2.94. The molecule has 0 aliphatic rings. The predicted octanol–water partition coefficient (Wildman–Crippen LogP) is 2.12. The fraction of sp³-hybridized carbons (Fsp3) is 0.100. The molecule has 0 amide bonds. The zero-order chi connectivity index (χ0) is 13.3. The number of aromatic nitrogens is 2. The molecule has 0 radical (unpaired) electrons. The number of nitrogens with zero attached hydrogens (tertiary/aromatic N) is 2. The standard InChI is InChI=1S/C10H9BrFN3O2S/c1-15-5-10(13-6-15)18(16,17)14-9-3-2-7(12)4-8(9)11/h2-6,14H,1H3. The van der Waals surface area contributed by atoms with E-state index in [1.54, 1.807) is 7.05 Å². The quantitative estimate of drug-likeness (QED) is 0.935. The van der Waals surface area contributed by atoms with E-state index in [4.69, 9.17) is 0 Å². The summed E-state index contributed by atoms with van der Waals surface area (Å²) in [4.78, 5) is 3.75. The summed E-state index contributed by atoms with van der Waals surface area (Å²) in [5.74, 6) is -0.456. The lowest BCUT2D eigenvalue weighted by molar-refractivity contribution is 0.598. The number of halogens is 2. The summed E-state index contributed by atoms with van der Waals surface area (Å²) in [7, 11) is -2.10. The normalized spacial score (nSPS) is 11.5. The van der Waals surface area contributed by atoms with E-state index in [2.05, 4.69) is 25.6 Å². The van der Waals surface area contributed by atoms with Crippen LogP contribution in [0.3, 0.4) is 0 Å². The molecule has 0 unspecified atom stereocenters. The lowest BCUT2D eigenvalue weighted by Crippen LogP contribution is -2.13. The van der Waals surface area contributed by atoms with E-state index in [0.29, 0.717) is 4.47 Å². The Balaban J connectivity index is 2.33. The molecule has 5 nitrogen and oxygen atoms in total. The summed E-state index contributed by atoms with van der Waals surface area (Å²) in [5.41, 5.74) is 0.252. The van der Waals surface area contributed by atoms with Crippen molar-refractivity contribution in [1.82, 2.24) is 9.55 Å². The Hall–Kier alpha value is -1.41. The van der Waals surface area contributed by atoms with E-state index in [9.17, 15) is 12.8 Å². The summed E-state index contributed by atoms with van der Waals surface area (Å²) in [6, 6.07) is 3.68. The van der Waals surface area contributed by atoms with Gasteiger partial charge in [-0.3, -0.25) is 4.72 Å². The molecule has 0 bridgehead atoms. The minimum atomic E-state index is -3.76. The van der Waals surface area contributed by atoms with Crippen LogP contribution in [0.2, 0.25) is 0 Å². The highest BCUT2D eigenvalue weighted by atomic mass is 79.9. The largest absolute Gasteiger partial charge is 0.339 e. The Kier molecular flexibility index (Phi) is 3.40. The molecular formula is C10H9BrFN3O2S. The van der Waals surface area contributed by atoms with E-state index < -0.39 is 15.8 Å². The van der Waals surface area contributed by atoms with Crippen molar-refractivity contribution < 1.29 is 12.8 Å². The van der Waals surface area contributed by atoms with E-state index in [1.807, 2.05) is 0 Å². The van der Waals surface area contributed by atoms with Gasteiger partial charge in [0.1, 0.15) is 5.82 Å². The molecule has 1 N–H and O–H groups in total. The molecule has 8 heteroatoms. The second-order valence-electron chi connectivity index (χ2n) is 3.61. The van der Waals surface area contributed by atoms with Gasteiger partial charge in [0, 0.05) is 17.7 Å². The number of anilines is 1. The smallest absolute Gasteiger partial charge is 0.280 e. The molecule has 0 saturated carbocycles. The second kappa shape index (κ2) is 4.69. The van der Waals surface area contributed by atoms with Crippen LogP contribution >= 0.6 is 15.9 Å². The van der Waals surface area contributed by atoms with Crippen molar-refractivity contribution in [2.75, 3.05) is 4.72 Å². The molecule has 1 heterocycles. The molecule has 1 aromatic heterocycles. The third-order valence-corrected chi connectivity index (χ3v) is 4.04. The molecule has 0 fully saturated rings. The molecule has 0 saturated heterocycles. The minimum Gasteiger partial charge on any atom is -0.339 e. The minimum absolute atomic E-state index is 0.0961. The first kappa shape index (κ1) is 13.0. The van der Waals surface area contributed by atoms with Crippen molar-refractivity contribution in [3.8, 4) is 0 Å². The third kappa shape index (κ3) is 2.70. The van der Waals surface area contributed by atoms with Gasteiger partial charge in [-0.15, -0.1) is 0 Å². The lowest BCUT2D eigenvalue weighted by atomic mass is 10.3. The molecule has 18 heavy (non-hydrogen) atoms. The third-order valence-electron chi connectivity index (χ3n) is 2.13. The van der Waals surface area contributed by atoms with Crippen LogP contribution < -0.4 is 4.72 Å². The highest BCUT2D eigenvalue weighted by Gasteiger charge is 2.18. The van der Waals surface area contributed by atoms with E-state index in [0.717, 1.165) is 0 Å². The van der Waals surface area contributed by atoms with Gasteiger partial charge in [0.25, 0.3) is 10.0 Å². The van der Waals surface area contributed by atoms with Gasteiger partial charge in [-0.05, 0) is 34.1 Å². The van der Waals surface area contributed by atoms with E-state index in [-0.39, 0.29) is 10.7 Å². The first-order valence-electron chi connectivity index (χ1n) is 4.84. The van der Waals surface area contributed by atoms with Crippen molar-refractivity contribution in [2.45, 2.75) is 5.03 Å². The van der Waals surface area contributed by atoms with Gasteiger partial charge < -0.3 is 4.57 Å². The van der Waals surface area contributed by atoms with Gasteiger partial charge >= 0.3 is 0 Å². The highest BCUT2D eigenvalue weighted by Crippen LogP contribution is 2.25. The van der Waals surface area contributed by atoms with Crippen LogP contribution in [0.15, 0.2) is 40.2 Å². The van der Waals surface area contributed by atoms with Crippen LogP contribution in [-0.4, -0.2) is 18.0 Å². The van der Waals surface area contributed by atoms with Crippen LogP contribution in [0.25, 0.3) is 0 Å². The van der Waals surface area contributed by atoms with E-state index in [1.165, 1.54) is 35.3 Å². The van der Waals surface area contributed by atoms with Crippen LogP contribution in [-0.2, 0) is 17.1 Å². The molecule has 0 aliphatic carbocycles. The van der Waals surface area contributed by atoms with Crippen molar-refractivity contribution in [3.63, 3.8) is 0 Å². The maximum absolute atomic E-state index is 12.9. The van der Waals surface area contributed by atoms with Crippen molar-refractivity contribution in [1.29, 1.82) is 0 Å². The van der Waals surface area contributed by atoms with Gasteiger partial charge in [0.15, 0.2) is 5.03 Å². The van der Waals surface area contributed by atoms with Crippen molar-refractivity contribution >= 4 is 31.6 Å². The predicted molar refractivity (Wildman–Crippen MR) is 68.1 cm³/mol. The number of sulfonamides is 1. The second-order valence-corrected chi connectivity index (χ2v) is 6.09. The zero-order valence-corrected chi connectivity index (χ0v) is 11.7. The van der Waals surface area contributed by atoms with Crippen LogP contribution in [0.4, 0.5) is 10.1 Å². The Morgan fingerprint density at radius 2 is 2.17 bits per heavy atom. The SMILES string of the molecule is Cn1cnc(S(=O)(=O)Nc2ccc(F)cc2Br)c1. The number of aryl methyl sites for hydroxylation is 1. The Morgan fingerprint density at radius 3 is 2.72 bits per heavy atom. The molecule has 0 aliphatic heterocycles. The number of benzene rings is 1. The summed E-state index contributed by atoms with van der Waals surface area (Å²) >= 11 is 3.08. The first-order chi connectivity index (χ1) is 8.38. The topological polar surface area (TPSA) is 64.0 Å². The summed E-state index contributed by atoms with van der Waals surface area (Å²) in [6.45, 7) is 0. The first-order valence-corrected chi connectivity index (χ1v) is 7.12. The number of nitrogens with one attached hydrogen (secondary N) is 1. The van der Waals surface area contributed by atoms with Gasteiger partial charge in [-0.1, -0.05) is 0 Å². The maximum Gasteiger partial charge on any atom is 0.280 e. The maximum atomic E-state index is 12.9. The van der Waals surface area contributed by atoms with Crippen LogP contribution in [0.1, 0.15) is 0 Å². The summed E-state index contributed by atoms with van der Waals surface area (Å²) < 4.78 is 41.0. The van der Waals surface area contributed by atoms with Crippen LogP contribution in [0, 0.1) is 5.82 Å². The van der Waals surface area contributed by atoms with Gasteiger partial charge in [0.05, 0.1) is 12.0 Å². The molecule has 2 aromatic rings. The Morgan fingerprint density at radius 1 is 1.44 bits per heavy atom. The zero-order valence-electron chi connectivity index (χ0n) is 9.26. The highest BCUT2D eigenvalue weighted by molar-refractivity contribution is 9.10. The average molecular weight is 334 g/mol. The molecular weight excluding hydrogens is 325 g/mol. The van der Waals surface area contributed by atoms with Gasteiger partial charge in [-0.2, -0.15) is 8.42 Å².